The largest absolute Gasteiger partial charge is 0.355 e. The summed E-state index contributed by atoms with van der Waals surface area (Å²) in [6, 6.07) is 43.5. The van der Waals surface area contributed by atoms with Gasteiger partial charge in [-0.15, -0.1) is 0 Å². The summed E-state index contributed by atoms with van der Waals surface area (Å²) in [5.74, 6) is 0. The molecule has 0 spiro atoms. The molecule has 2 nitrogen and oxygen atoms in total. The normalized spacial score (nSPS) is 11.8. The van der Waals surface area contributed by atoms with Gasteiger partial charge in [-0.05, 0) is 76.7 Å². The summed E-state index contributed by atoms with van der Waals surface area (Å²) >= 11 is 0. The number of nitrogens with zero attached hydrogens (tertiary/aromatic N) is 1. The number of H-pyrrole nitrogens is 1. The lowest BCUT2D eigenvalue weighted by atomic mass is 9.86. The summed E-state index contributed by atoms with van der Waals surface area (Å²) < 4.78 is 0. The summed E-state index contributed by atoms with van der Waals surface area (Å²) in [4.78, 5) is 5.94. The number of hydrogen-bond donors (Lipinski definition) is 1. The third-order valence-electron chi connectivity index (χ3n) is 6.95. The van der Waals surface area contributed by atoms with Crippen molar-refractivity contribution in [3.8, 4) is 11.1 Å². The SMILES string of the molecule is CC(C)(C)c1ccc2[nH]c3ccc(N(c4ccccc4)c4ccc(-c5ccccc5)cc4)cc3c2c1. The molecule has 0 saturated heterocycles. The topological polar surface area (TPSA) is 19.0 Å². The first kappa shape index (κ1) is 22.2. The maximum atomic E-state index is 3.61. The van der Waals surface area contributed by atoms with Crippen LogP contribution < -0.4 is 4.90 Å². The minimum Gasteiger partial charge on any atom is -0.355 e. The fraction of sp³-hybridized carbons (Fsp3) is 0.118. The van der Waals surface area contributed by atoms with Gasteiger partial charge in [0.2, 0.25) is 0 Å². The van der Waals surface area contributed by atoms with E-state index >= 15 is 0 Å². The molecular formula is C34H30N2. The van der Waals surface area contributed by atoms with Crippen LogP contribution in [0, 0.1) is 0 Å². The number of nitrogens with one attached hydrogen (secondary N) is 1. The van der Waals surface area contributed by atoms with E-state index in [1.165, 1.54) is 33.0 Å². The van der Waals surface area contributed by atoms with Crippen LogP contribution in [-0.2, 0) is 5.41 Å². The highest BCUT2D eigenvalue weighted by Crippen LogP contribution is 2.39. The van der Waals surface area contributed by atoms with Crippen molar-refractivity contribution in [3.05, 3.63) is 127 Å². The zero-order valence-electron chi connectivity index (χ0n) is 21.0. The van der Waals surface area contributed by atoms with E-state index in [0.717, 1.165) is 22.6 Å². The summed E-state index contributed by atoms with van der Waals surface area (Å²) in [6.45, 7) is 6.81. The molecule has 0 radical (unpaired) electrons. The first-order valence-electron chi connectivity index (χ1n) is 12.5. The number of benzene rings is 5. The zero-order valence-corrected chi connectivity index (χ0v) is 21.0. The molecule has 6 aromatic rings. The number of aromatic amines is 1. The van der Waals surface area contributed by atoms with Gasteiger partial charge in [-0.25, -0.2) is 0 Å². The van der Waals surface area contributed by atoms with Gasteiger partial charge in [0.05, 0.1) is 0 Å². The fourth-order valence-electron chi connectivity index (χ4n) is 4.95. The van der Waals surface area contributed by atoms with Crippen molar-refractivity contribution in [1.82, 2.24) is 4.98 Å². The minimum atomic E-state index is 0.103. The van der Waals surface area contributed by atoms with E-state index in [0.29, 0.717) is 0 Å². The van der Waals surface area contributed by atoms with Crippen molar-refractivity contribution in [2.75, 3.05) is 4.90 Å². The molecule has 0 fully saturated rings. The number of hydrogen-bond acceptors (Lipinski definition) is 1. The smallest absolute Gasteiger partial charge is 0.0469 e. The lowest BCUT2D eigenvalue weighted by Gasteiger charge is -2.26. The van der Waals surface area contributed by atoms with Gasteiger partial charge in [-0.2, -0.15) is 0 Å². The predicted molar refractivity (Wildman–Crippen MR) is 155 cm³/mol. The van der Waals surface area contributed by atoms with Gasteiger partial charge < -0.3 is 9.88 Å². The Morgan fingerprint density at radius 1 is 0.500 bits per heavy atom. The molecule has 0 unspecified atom stereocenters. The molecule has 1 heterocycles. The van der Waals surface area contributed by atoms with Crippen molar-refractivity contribution in [1.29, 1.82) is 0 Å². The molecule has 1 aromatic heterocycles. The van der Waals surface area contributed by atoms with Gasteiger partial charge in [-0.3, -0.25) is 0 Å². The predicted octanol–water partition coefficient (Wildman–Crippen LogP) is 9.76. The van der Waals surface area contributed by atoms with Crippen molar-refractivity contribution >= 4 is 38.9 Å². The van der Waals surface area contributed by atoms with E-state index in [9.17, 15) is 0 Å². The van der Waals surface area contributed by atoms with Gasteiger partial charge in [0, 0.05) is 38.9 Å². The first-order chi connectivity index (χ1) is 17.5. The van der Waals surface area contributed by atoms with Gasteiger partial charge in [0.25, 0.3) is 0 Å². The van der Waals surface area contributed by atoms with E-state index in [-0.39, 0.29) is 5.41 Å². The first-order valence-corrected chi connectivity index (χ1v) is 12.5. The van der Waals surface area contributed by atoms with E-state index in [2.05, 4.69) is 152 Å². The molecule has 0 amide bonds. The Labute approximate surface area is 212 Å². The lowest BCUT2D eigenvalue weighted by Crippen LogP contribution is -2.10. The lowest BCUT2D eigenvalue weighted by molar-refractivity contribution is 0.591. The molecule has 176 valence electrons. The van der Waals surface area contributed by atoms with Crippen LogP contribution in [0.2, 0.25) is 0 Å². The summed E-state index contributed by atoms with van der Waals surface area (Å²) in [6.07, 6.45) is 0. The monoisotopic (exact) mass is 466 g/mol. The van der Waals surface area contributed by atoms with E-state index in [4.69, 9.17) is 0 Å². The Hall–Kier alpha value is -4.30. The van der Waals surface area contributed by atoms with Crippen LogP contribution in [-0.4, -0.2) is 4.98 Å². The molecule has 0 aliphatic rings. The number of fused-ring (bicyclic) bond motifs is 3. The molecule has 6 rings (SSSR count). The molecule has 0 bridgehead atoms. The van der Waals surface area contributed by atoms with Crippen LogP contribution in [0.1, 0.15) is 26.3 Å². The van der Waals surface area contributed by atoms with Crippen molar-refractivity contribution in [2.45, 2.75) is 26.2 Å². The fourth-order valence-corrected chi connectivity index (χ4v) is 4.95. The summed E-state index contributed by atoms with van der Waals surface area (Å²) in [5.41, 5.74) is 9.64. The van der Waals surface area contributed by atoms with Crippen LogP contribution in [0.3, 0.4) is 0 Å². The average molecular weight is 467 g/mol. The Morgan fingerprint density at radius 2 is 1.03 bits per heavy atom. The van der Waals surface area contributed by atoms with Crippen LogP contribution in [0.4, 0.5) is 17.1 Å². The molecule has 1 N–H and O–H groups in total. The third kappa shape index (κ3) is 4.05. The Balaban J connectivity index is 1.49. The second-order valence-corrected chi connectivity index (χ2v) is 10.4. The molecule has 0 aliphatic carbocycles. The maximum Gasteiger partial charge on any atom is 0.0469 e. The van der Waals surface area contributed by atoms with Crippen LogP contribution in [0.5, 0.6) is 0 Å². The van der Waals surface area contributed by atoms with E-state index < -0.39 is 0 Å². The molecule has 0 saturated carbocycles. The second kappa shape index (κ2) is 8.73. The number of aromatic nitrogens is 1. The Morgan fingerprint density at radius 3 is 1.69 bits per heavy atom. The molecule has 36 heavy (non-hydrogen) atoms. The van der Waals surface area contributed by atoms with Gasteiger partial charge in [0.1, 0.15) is 0 Å². The average Bonchev–Trinajstić information content (AvgIpc) is 3.27. The highest BCUT2D eigenvalue weighted by molar-refractivity contribution is 6.09. The minimum absolute atomic E-state index is 0.103. The Kier molecular flexibility index (Phi) is 5.38. The van der Waals surface area contributed by atoms with Gasteiger partial charge >= 0.3 is 0 Å². The second-order valence-electron chi connectivity index (χ2n) is 10.4. The van der Waals surface area contributed by atoms with E-state index in [1.54, 1.807) is 0 Å². The van der Waals surface area contributed by atoms with Crippen LogP contribution in [0.15, 0.2) is 121 Å². The highest BCUT2D eigenvalue weighted by Gasteiger charge is 2.17. The molecule has 5 aromatic carbocycles. The Bertz CT molecular complexity index is 1640. The standard InChI is InChI=1S/C34H30N2/c1-34(2,3)26-16-20-32-30(22-26)31-23-29(19-21-33(31)35-32)36(27-12-8-5-9-13-27)28-17-14-25(15-18-28)24-10-6-4-7-11-24/h4-23,35H,1-3H3. The van der Waals surface area contributed by atoms with Crippen molar-refractivity contribution < 1.29 is 0 Å². The maximum absolute atomic E-state index is 3.61. The summed E-state index contributed by atoms with van der Waals surface area (Å²) in [5, 5.41) is 2.52. The van der Waals surface area contributed by atoms with Gasteiger partial charge in [-0.1, -0.05) is 87.5 Å². The number of rotatable bonds is 4. The quantitative estimate of drug-likeness (QED) is 0.274. The molecule has 0 aliphatic heterocycles. The van der Waals surface area contributed by atoms with Crippen molar-refractivity contribution in [2.24, 2.45) is 0 Å². The molecular weight excluding hydrogens is 436 g/mol. The van der Waals surface area contributed by atoms with E-state index in [1.807, 2.05) is 0 Å². The highest BCUT2D eigenvalue weighted by atomic mass is 15.1. The zero-order chi connectivity index (χ0) is 24.7. The van der Waals surface area contributed by atoms with Crippen LogP contribution in [0.25, 0.3) is 32.9 Å². The third-order valence-corrected chi connectivity index (χ3v) is 6.95. The molecule has 0 atom stereocenters. The number of anilines is 3. The van der Waals surface area contributed by atoms with Crippen molar-refractivity contribution in [3.63, 3.8) is 0 Å². The summed E-state index contributed by atoms with van der Waals surface area (Å²) in [7, 11) is 0. The van der Waals surface area contributed by atoms with Crippen LogP contribution >= 0.6 is 0 Å². The molecule has 2 heteroatoms. The number of para-hydroxylation sites is 1. The van der Waals surface area contributed by atoms with Gasteiger partial charge in [0.15, 0.2) is 0 Å².